The number of sulfonamides is 1. The molecule has 0 atom stereocenters. The summed E-state index contributed by atoms with van der Waals surface area (Å²) in [4.78, 5) is 12.4. The molecule has 2 N–H and O–H groups in total. The van der Waals surface area contributed by atoms with Crippen LogP contribution in [0.4, 0.5) is 5.69 Å². The first-order valence-corrected chi connectivity index (χ1v) is 10.6. The Hall–Kier alpha value is -3.32. The number of nitrogens with one attached hydrogen (secondary N) is 2. The molecule has 150 valence electrons. The van der Waals surface area contributed by atoms with E-state index < -0.39 is 10.0 Å². The molecule has 1 amide bonds. The van der Waals surface area contributed by atoms with Crippen molar-refractivity contribution in [2.24, 2.45) is 0 Å². The highest BCUT2D eigenvalue weighted by molar-refractivity contribution is 7.92. The monoisotopic (exact) mass is 410 g/mol. The maximum Gasteiger partial charge on any atom is 0.262 e. The van der Waals surface area contributed by atoms with Crippen molar-refractivity contribution in [2.45, 2.75) is 11.3 Å². The van der Waals surface area contributed by atoms with Gasteiger partial charge in [0.15, 0.2) is 0 Å². The van der Waals surface area contributed by atoms with Crippen LogP contribution in [0.5, 0.6) is 5.75 Å². The fraction of sp³-hybridized carbons (Fsp3) is 0.136. The quantitative estimate of drug-likeness (QED) is 0.596. The van der Waals surface area contributed by atoms with Crippen LogP contribution in [0.3, 0.4) is 0 Å². The van der Waals surface area contributed by atoms with Gasteiger partial charge in [-0.2, -0.15) is 0 Å². The summed E-state index contributed by atoms with van der Waals surface area (Å²) in [7, 11) is -2.41. The van der Waals surface area contributed by atoms with Gasteiger partial charge in [0.1, 0.15) is 5.75 Å². The van der Waals surface area contributed by atoms with E-state index in [1.165, 1.54) is 19.2 Å². The van der Waals surface area contributed by atoms with Gasteiger partial charge in [-0.25, -0.2) is 8.42 Å². The molecular weight excluding hydrogens is 388 g/mol. The third-order valence-corrected chi connectivity index (χ3v) is 5.66. The first-order valence-electron chi connectivity index (χ1n) is 9.07. The summed E-state index contributed by atoms with van der Waals surface area (Å²) < 4.78 is 33.2. The summed E-state index contributed by atoms with van der Waals surface area (Å²) in [5.74, 6) is 0.0844. The minimum Gasteiger partial charge on any atom is -0.495 e. The van der Waals surface area contributed by atoms with Crippen LogP contribution in [0.25, 0.3) is 0 Å². The molecule has 0 bridgehead atoms. The van der Waals surface area contributed by atoms with E-state index in [-0.39, 0.29) is 16.4 Å². The summed E-state index contributed by atoms with van der Waals surface area (Å²) >= 11 is 0. The third-order valence-electron chi connectivity index (χ3n) is 4.30. The second-order valence-corrected chi connectivity index (χ2v) is 8.01. The highest BCUT2D eigenvalue weighted by Crippen LogP contribution is 2.26. The Kier molecular flexibility index (Phi) is 6.51. The highest BCUT2D eigenvalue weighted by atomic mass is 32.2. The molecule has 6 nitrogen and oxygen atoms in total. The molecular formula is C22H22N2O4S. The second-order valence-electron chi connectivity index (χ2n) is 6.33. The van der Waals surface area contributed by atoms with Gasteiger partial charge in [0.2, 0.25) is 0 Å². The van der Waals surface area contributed by atoms with Gasteiger partial charge in [0.25, 0.3) is 15.9 Å². The molecule has 0 saturated carbocycles. The summed E-state index contributed by atoms with van der Waals surface area (Å²) in [5.41, 5.74) is 1.72. The predicted octanol–water partition coefficient (Wildman–Crippen LogP) is 3.47. The average molecular weight is 410 g/mol. The zero-order valence-corrected chi connectivity index (χ0v) is 16.8. The van der Waals surface area contributed by atoms with Crippen LogP contribution >= 0.6 is 0 Å². The SMILES string of the molecule is COc1ccccc1NS(=O)(=O)c1cccc(C(=O)NCCc2ccccc2)c1. The van der Waals surface area contributed by atoms with Gasteiger partial charge >= 0.3 is 0 Å². The number of ether oxygens (including phenoxy) is 1. The molecule has 3 aromatic rings. The van der Waals surface area contributed by atoms with E-state index in [9.17, 15) is 13.2 Å². The number of anilines is 1. The van der Waals surface area contributed by atoms with E-state index in [4.69, 9.17) is 4.74 Å². The van der Waals surface area contributed by atoms with Crippen molar-refractivity contribution in [2.75, 3.05) is 18.4 Å². The molecule has 3 aromatic carbocycles. The molecule has 3 rings (SSSR count). The Balaban J connectivity index is 1.70. The van der Waals surface area contributed by atoms with Gasteiger partial charge in [-0.1, -0.05) is 48.5 Å². The van der Waals surface area contributed by atoms with E-state index >= 15 is 0 Å². The molecule has 0 heterocycles. The maximum atomic E-state index is 12.7. The lowest BCUT2D eigenvalue weighted by molar-refractivity contribution is 0.0954. The van der Waals surface area contributed by atoms with Crippen LogP contribution < -0.4 is 14.8 Å². The number of rotatable bonds is 8. The Morgan fingerprint density at radius 2 is 1.66 bits per heavy atom. The molecule has 0 radical (unpaired) electrons. The Morgan fingerprint density at radius 3 is 2.41 bits per heavy atom. The Labute approximate surface area is 170 Å². The van der Waals surface area contributed by atoms with Crippen molar-refractivity contribution in [3.05, 3.63) is 90.0 Å². The normalized spacial score (nSPS) is 10.9. The lowest BCUT2D eigenvalue weighted by atomic mass is 10.1. The maximum absolute atomic E-state index is 12.7. The van der Waals surface area contributed by atoms with E-state index in [2.05, 4.69) is 10.0 Å². The second kappa shape index (κ2) is 9.25. The molecule has 7 heteroatoms. The fourth-order valence-corrected chi connectivity index (χ4v) is 3.92. The van der Waals surface area contributed by atoms with Crippen LogP contribution in [0.15, 0.2) is 83.8 Å². The van der Waals surface area contributed by atoms with Crippen LogP contribution in [0, 0.1) is 0 Å². The van der Waals surface area contributed by atoms with Gasteiger partial charge in [0, 0.05) is 12.1 Å². The molecule has 0 unspecified atom stereocenters. The average Bonchev–Trinajstić information content (AvgIpc) is 2.74. The first kappa shape index (κ1) is 20.4. The number of benzene rings is 3. The Morgan fingerprint density at radius 1 is 0.931 bits per heavy atom. The number of hydrogen-bond acceptors (Lipinski definition) is 4. The van der Waals surface area contributed by atoms with Crippen LogP contribution in [0.1, 0.15) is 15.9 Å². The number of carbonyl (C=O) groups is 1. The van der Waals surface area contributed by atoms with E-state index in [0.717, 1.165) is 5.56 Å². The fourth-order valence-electron chi connectivity index (χ4n) is 2.80. The zero-order valence-electron chi connectivity index (χ0n) is 16.0. The first-order chi connectivity index (χ1) is 14.0. The van der Waals surface area contributed by atoms with E-state index in [1.807, 2.05) is 30.3 Å². The van der Waals surface area contributed by atoms with Gasteiger partial charge in [-0.15, -0.1) is 0 Å². The summed E-state index contributed by atoms with van der Waals surface area (Å²) in [5, 5.41) is 2.82. The largest absolute Gasteiger partial charge is 0.495 e. The summed E-state index contributed by atoms with van der Waals surface area (Å²) in [6.45, 7) is 0.458. The smallest absolute Gasteiger partial charge is 0.262 e. The predicted molar refractivity (Wildman–Crippen MR) is 113 cm³/mol. The van der Waals surface area contributed by atoms with Crippen molar-refractivity contribution in [3.8, 4) is 5.75 Å². The molecule has 0 aromatic heterocycles. The van der Waals surface area contributed by atoms with Crippen LogP contribution in [-0.4, -0.2) is 28.0 Å². The minimum absolute atomic E-state index is 0.000819. The molecule has 0 aliphatic heterocycles. The lowest BCUT2D eigenvalue weighted by Crippen LogP contribution is -2.26. The summed E-state index contributed by atoms with van der Waals surface area (Å²) in [6, 6.07) is 22.5. The van der Waals surface area contributed by atoms with Crippen molar-refractivity contribution < 1.29 is 17.9 Å². The minimum atomic E-state index is -3.88. The molecule has 0 fully saturated rings. The van der Waals surface area contributed by atoms with Gasteiger partial charge in [0.05, 0.1) is 17.7 Å². The standard InChI is InChI=1S/C22H22N2O4S/c1-28-21-13-6-5-12-20(21)24-29(26,27)19-11-7-10-18(16-19)22(25)23-15-14-17-8-3-2-4-9-17/h2-13,16,24H,14-15H2,1H3,(H,23,25). The number of amides is 1. The number of carbonyl (C=O) groups excluding carboxylic acids is 1. The van der Waals surface area contributed by atoms with E-state index in [0.29, 0.717) is 24.4 Å². The highest BCUT2D eigenvalue weighted by Gasteiger charge is 2.18. The number of methoxy groups -OCH3 is 1. The van der Waals surface area contributed by atoms with Gasteiger partial charge < -0.3 is 10.1 Å². The van der Waals surface area contributed by atoms with Gasteiger partial charge in [-0.3, -0.25) is 9.52 Å². The molecule has 29 heavy (non-hydrogen) atoms. The van der Waals surface area contributed by atoms with Crippen LogP contribution in [0.2, 0.25) is 0 Å². The Bertz CT molecular complexity index is 1080. The van der Waals surface area contributed by atoms with Gasteiger partial charge in [-0.05, 0) is 42.3 Å². The van der Waals surface area contributed by atoms with Crippen molar-refractivity contribution in [3.63, 3.8) is 0 Å². The lowest BCUT2D eigenvalue weighted by Gasteiger charge is -2.12. The topological polar surface area (TPSA) is 84.5 Å². The molecule has 0 aliphatic rings. The van der Waals surface area contributed by atoms with Crippen molar-refractivity contribution >= 4 is 21.6 Å². The molecule has 0 saturated heterocycles. The molecule has 0 spiro atoms. The zero-order chi connectivity index (χ0) is 20.7. The third kappa shape index (κ3) is 5.36. The summed E-state index contributed by atoms with van der Waals surface area (Å²) in [6.07, 6.45) is 0.694. The number of hydrogen-bond donors (Lipinski definition) is 2. The van der Waals surface area contributed by atoms with Crippen molar-refractivity contribution in [1.82, 2.24) is 5.32 Å². The van der Waals surface area contributed by atoms with E-state index in [1.54, 1.807) is 36.4 Å². The van der Waals surface area contributed by atoms with Crippen molar-refractivity contribution in [1.29, 1.82) is 0 Å². The number of para-hydroxylation sites is 2. The molecule has 0 aliphatic carbocycles. The van der Waals surface area contributed by atoms with Crippen LogP contribution in [-0.2, 0) is 16.4 Å².